The molecule has 2 amide bonds. The number of carbonyl (C=O) groups is 2. The number of halogens is 1. The second-order valence-corrected chi connectivity index (χ2v) is 11.8. The van der Waals surface area contributed by atoms with E-state index in [9.17, 15) is 14.7 Å². The normalized spacial score (nSPS) is 21.6. The summed E-state index contributed by atoms with van der Waals surface area (Å²) in [4.78, 5) is 34.3. The number of rotatable bonds is 8. The van der Waals surface area contributed by atoms with Gasteiger partial charge in [0.2, 0.25) is 11.8 Å². The van der Waals surface area contributed by atoms with Crippen LogP contribution in [0.2, 0.25) is 0 Å². The van der Waals surface area contributed by atoms with Crippen LogP contribution < -0.4 is 20.3 Å². The van der Waals surface area contributed by atoms with Crippen molar-refractivity contribution in [3.63, 3.8) is 0 Å². The maximum absolute atomic E-state index is 13.1. The first-order valence-electron chi connectivity index (χ1n) is 13.4. The van der Waals surface area contributed by atoms with Gasteiger partial charge in [-0.15, -0.1) is 11.3 Å². The predicted molar refractivity (Wildman–Crippen MR) is 149 cm³/mol. The number of aliphatic hydroxyl groups excluding tert-OH is 1. The van der Waals surface area contributed by atoms with Crippen LogP contribution in [0.3, 0.4) is 0 Å². The van der Waals surface area contributed by atoms with E-state index in [4.69, 9.17) is 4.74 Å². The molecule has 2 saturated carbocycles. The molecule has 1 aliphatic heterocycles. The number of fused-ring (bicyclic) bond motifs is 1. The third kappa shape index (κ3) is 7.03. The molecule has 0 radical (unpaired) electrons. The summed E-state index contributed by atoms with van der Waals surface area (Å²) >= 11 is 4.92. The van der Waals surface area contributed by atoms with E-state index in [2.05, 4.69) is 36.4 Å². The number of nitrogens with zero attached hydrogens (tertiary/aromatic N) is 2. The first-order valence-corrected chi connectivity index (χ1v) is 15.0. The van der Waals surface area contributed by atoms with Crippen molar-refractivity contribution < 1.29 is 19.4 Å². The molecule has 8 nitrogen and oxygen atoms in total. The maximum Gasteiger partial charge on any atom is 0.262 e. The fraction of sp³-hybridized carbons (Fsp3) is 0.593. The van der Waals surface area contributed by atoms with Crippen molar-refractivity contribution in [2.75, 3.05) is 18.1 Å². The molecule has 3 N–H and O–H groups in total. The molecule has 3 heterocycles. The van der Waals surface area contributed by atoms with E-state index in [-0.39, 0.29) is 17.9 Å². The molecule has 0 aromatic carbocycles. The van der Waals surface area contributed by atoms with Crippen LogP contribution in [0.25, 0.3) is 0 Å². The molecule has 0 bridgehead atoms. The highest BCUT2D eigenvalue weighted by atomic mass is 79.9. The van der Waals surface area contributed by atoms with Crippen molar-refractivity contribution in [2.24, 2.45) is 5.92 Å². The van der Waals surface area contributed by atoms with E-state index in [0.29, 0.717) is 42.7 Å². The van der Waals surface area contributed by atoms with Gasteiger partial charge in [-0.3, -0.25) is 9.59 Å². The number of ether oxygens (including phenoxy) is 1. The molecule has 202 valence electrons. The van der Waals surface area contributed by atoms with Crippen molar-refractivity contribution in [3.05, 3.63) is 38.6 Å². The summed E-state index contributed by atoms with van der Waals surface area (Å²) in [7, 11) is 0. The predicted octanol–water partition coefficient (Wildman–Crippen LogP) is 4.65. The second kappa shape index (κ2) is 13.1. The van der Waals surface area contributed by atoms with Crippen LogP contribution in [-0.2, 0) is 11.3 Å². The molecule has 2 aliphatic carbocycles. The van der Waals surface area contributed by atoms with Gasteiger partial charge >= 0.3 is 0 Å². The molecule has 0 saturated heterocycles. The molecule has 3 atom stereocenters. The number of aliphatic hydroxyl groups is 1. The van der Waals surface area contributed by atoms with Gasteiger partial charge < -0.3 is 25.4 Å². The van der Waals surface area contributed by atoms with Gasteiger partial charge in [-0.05, 0) is 59.3 Å². The Bertz CT molecular complexity index is 1070. The quantitative estimate of drug-likeness (QED) is 0.412. The summed E-state index contributed by atoms with van der Waals surface area (Å²) in [6, 6.07) is 5.00. The molecule has 2 aromatic rings. The lowest BCUT2D eigenvalue weighted by Gasteiger charge is -2.34. The third-order valence-electron chi connectivity index (χ3n) is 7.20. The summed E-state index contributed by atoms with van der Waals surface area (Å²) in [5, 5.41) is 15.8. The van der Waals surface area contributed by atoms with Crippen LogP contribution in [-0.4, -0.2) is 53.2 Å². The standard InChI is InChI=1S/C25H31BrN4O4S.C2H6/c26-16-12-20-25(27-13-16)34-10-9-30(20)14-17-5-8-22(35-17)24(33)29-19(11-15-3-1-2-4-15)23(32)28-18-6-7-21(18)31;1-2/h5,8,12-13,15,18-19,21,31H,1-4,6-7,9-11,14H2,(H,28,32)(H,29,33);1-2H3. The minimum absolute atomic E-state index is 0.186. The average molecular weight is 594 g/mol. The number of thiophene rings is 1. The lowest BCUT2D eigenvalue weighted by Crippen LogP contribution is -2.56. The molecule has 2 aromatic heterocycles. The summed E-state index contributed by atoms with van der Waals surface area (Å²) in [5.41, 5.74) is 0.927. The number of aromatic nitrogens is 1. The van der Waals surface area contributed by atoms with Crippen LogP contribution in [0.4, 0.5) is 5.69 Å². The summed E-state index contributed by atoms with van der Waals surface area (Å²) in [5.74, 6) is 0.658. The zero-order chi connectivity index (χ0) is 26.4. The third-order valence-corrected chi connectivity index (χ3v) is 8.71. The number of hydrogen-bond donors (Lipinski definition) is 3. The zero-order valence-electron chi connectivity index (χ0n) is 21.5. The lowest BCUT2D eigenvalue weighted by molar-refractivity contribution is -0.126. The summed E-state index contributed by atoms with van der Waals surface area (Å²) in [6.07, 6.45) is 7.93. The van der Waals surface area contributed by atoms with Crippen LogP contribution in [0.5, 0.6) is 5.88 Å². The molecule has 37 heavy (non-hydrogen) atoms. The number of carbonyl (C=O) groups excluding carboxylic acids is 2. The van der Waals surface area contributed by atoms with E-state index in [1.54, 1.807) is 6.20 Å². The number of hydrogen-bond acceptors (Lipinski definition) is 7. The average Bonchev–Trinajstić information content (AvgIpc) is 3.60. The van der Waals surface area contributed by atoms with Crippen LogP contribution in [0.1, 0.15) is 73.3 Å². The Balaban J connectivity index is 0.00000156. The largest absolute Gasteiger partial charge is 0.474 e. The highest BCUT2D eigenvalue weighted by Gasteiger charge is 2.34. The van der Waals surface area contributed by atoms with Crippen LogP contribution in [0, 0.1) is 5.92 Å². The van der Waals surface area contributed by atoms with Gasteiger partial charge in [0, 0.05) is 15.5 Å². The minimum Gasteiger partial charge on any atom is -0.474 e. The number of amides is 2. The Morgan fingerprint density at radius 1 is 1.24 bits per heavy atom. The Morgan fingerprint density at radius 2 is 2.03 bits per heavy atom. The van der Waals surface area contributed by atoms with E-state index in [1.165, 1.54) is 24.2 Å². The van der Waals surface area contributed by atoms with Gasteiger partial charge in [-0.2, -0.15) is 0 Å². The van der Waals surface area contributed by atoms with Crippen molar-refractivity contribution in [1.82, 2.24) is 15.6 Å². The lowest BCUT2D eigenvalue weighted by atomic mass is 9.88. The van der Waals surface area contributed by atoms with Crippen LogP contribution in [0.15, 0.2) is 28.9 Å². The monoisotopic (exact) mass is 592 g/mol. The van der Waals surface area contributed by atoms with E-state index < -0.39 is 12.1 Å². The van der Waals surface area contributed by atoms with E-state index in [0.717, 1.165) is 40.8 Å². The molecule has 3 unspecified atom stereocenters. The Morgan fingerprint density at radius 3 is 2.73 bits per heavy atom. The van der Waals surface area contributed by atoms with Gasteiger partial charge in [0.1, 0.15) is 18.3 Å². The number of nitrogens with one attached hydrogen (secondary N) is 2. The van der Waals surface area contributed by atoms with E-state index in [1.807, 2.05) is 32.0 Å². The molecule has 10 heteroatoms. The summed E-state index contributed by atoms with van der Waals surface area (Å²) < 4.78 is 6.56. The Labute approximate surface area is 231 Å². The smallest absolute Gasteiger partial charge is 0.262 e. The molecule has 3 aliphatic rings. The van der Waals surface area contributed by atoms with Gasteiger partial charge in [0.25, 0.3) is 5.91 Å². The highest BCUT2D eigenvalue weighted by molar-refractivity contribution is 9.10. The first-order chi connectivity index (χ1) is 18.0. The second-order valence-electron chi connectivity index (χ2n) is 9.69. The summed E-state index contributed by atoms with van der Waals surface area (Å²) in [6.45, 7) is 5.95. The highest BCUT2D eigenvalue weighted by Crippen LogP contribution is 2.34. The van der Waals surface area contributed by atoms with Crippen molar-refractivity contribution in [3.8, 4) is 5.88 Å². The fourth-order valence-electron chi connectivity index (χ4n) is 5.04. The van der Waals surface area contributed by atoms with Gasteiger partial charge in [-0.1, -0.05) is 39.5 Å². The van der Waals surface area contributed by atoms with Crippen molar-refractivity contribution in [2.45, 2.75) is 83.5 Å². The minimum atomic E-state index is -0.585. The zero-order valence-corrected chi connectivity index (χ0v) is 23.9. The molecule has 2 fully saturated rings. The topological polar surface area (TPSA) is 104 Å². The van der Waals surface area contributed by atoms with Gasteiger partial charge in [0.05, 0.1) is 30.1 Å². The molecule has 5 rings (SSSR count). The Kier molecular flexibility index (Phi) is 9.83. The fourth-order valence-corrected chi connectivity index (χ4v) is 6.28. The van der Waals surface area contributed by atoms with E-state index >= 15 is 0 Å². The number of pyridine rings is 1. The maximum atomic E-state index is 13.1. The van der Waals surface area contributed by atoms with Crippen molar-refractivity contribution in [1.29, 1.82) is 0 Å². The van der Waals surface area contributed by atoms with Crippen molar-refractivity contribution >= 4 is 44.8 Å². The molecular weight excluding hydrogens is 556 g/mol. The molecule has 0 spiro atoms. The van der Waals surface area contributed by atoms with Gasteiger partial charge in [0.15, 0.2) is 0 Å². The first kappa shape index (κ1) is 27.9. The SMILES string of the molecule is CC.O=C(NC(CC1CCCC1)C(=O)NC1CCC1O)c1ccc(CN2CCOc3ncc(Br)cc32)s1. The van der Waals surface area contributed by atoms with Crippen LogP contribution >= 0.6 is 27.3 Å². The van der Waals surface area contributed by atoms with Gasteiger partial charge in [-0.25, -0.2) is 4.98 Å². The number of anilines is 1. The molecular formula is C27H37BrN4O4S. The Hall–Kier alpha value is -2.17.